The van der Waals surface area contributed by atoms with Crippen LogP contribution in [0.25, 0.3) is 22.3 Å². The Morgan fingerprint density at radius 3 is 2.50 bits per heavy atom. The summed E-state index contributed by atoms with van der Waals surface area (Å²) in [5.41, 5.74) is 5.93. The first-order valence-electron chi connectivity index (χ1n) is 6.91. The molecule has 4 nitrogen and oxygen atoms in total. The highest BCUT2D eigenvalue weighted by molar-refractivity contribution is 6.18. The van der Waals surface area contributed by atoms with Gasteiger partial charge in [0.25, 0.3) is 0 Å². The highest BCUT2D eigenvalue weighted by atomic mass is 19.4. The van der Waals surface area contributed by atoms with Crippen molar-refractivity contribution in [1.29, 1.82) is 0 Å². The molecule has 24 heavy (non-hydrogen) atoms. The Bertz CT molecular complexity index is 940. The normalized spacial score (nSPS) is 11.6. The molecular weight excluding hydrogens is 319 g/mol. The number of hydrogen-bond acceptors (Lipinski definition) is 2. The number of fused-ring (bicyclic) bond motifs is 1. The SMILES string of the molecule is C=C(C(N)=O)c1ccc2c(ccn2-c2ccc(C(F)(F)F)cn2)c1. The number of primary amides is 1. The van der Waals surface area contributed by atoms with Crippen molar-refractivity contribution >= 4 is 22.4 Å². The Morgan fingerprint density at radius 1 is 1.17 bits per heavy atom. The van der Waals surface area contributed by atoms with Gasteiger partial charge in [0, 0.05) is 23.4 Å². The third-order valence-corrected chi connectivity index (χ3v) is 3.66. The molecule has 0 aliphatic carbocycles. The van der Waals surface area contributed by atoms with Gasteiger partial charge in [-0.25, -0.2) is 4.98 Å². The number of carbonyl (C=O) groups excluding carboxylic acids is 1. The van der Waals surface area contributed by atoms with E-state index in [1.165, 1.54) is 6.07 Å². The lowest BCUT2D eigenvalue weighted by Crippen LogP contribution is -2.11. The summed E-state index contributed by atoms with van der Waals surface area (Å²) in [6, 6.07) is 9.21. The van der Waals surface area contributed by atoms with E-state index in [2.05, 4.69) is 11.6 Å². The van der Waals surface area contributed by atoms with Gasteiger partial charge in [0.2, 0.25) is 5.91 Å². The van der Waals surface area contributed by atoms with E-state index in [-0.39, 0.29) is 5.57 Å². The number of nitrogens with two attached hydrogens (primary N) is 1. The van der Waals surface area contributed by atoms with Gasteiger partial charge in [-0.1, -0.05) is 12.6 Å². The van der Waals surface area contributed by atoms with Gasteiger partial charge in [-0.15, -0.1) is 0 Å². The molecule has 1 aromatic carbocycles. The molecule has 3 rings (SSSR count). The number of aromatic nitrogens is 2. The van der Waals surface area contributed by atoms with Crippen molar-refractivity contribution in [3.05, 3.63) is 66.5 Å². The Kier molecular flexibility index (Phi) is 3.63. The van der Waals surface area contributed by atoms with Crippen molar-refractivity contribution in [2.75, 3.05) is 0 Å². The van der Waals surface area contributed by atoms with Gasteiger partial charge >= 0.3 is 6.18 Å². The second-order valence-electron chi connectivity index (χ2n) is 5.20. The standard InChI is InChI=1S/C17H12F3N3O/c1-10(16(21)24)11-2-4-14-12(8-11)6-7-23(14)15-5-3-13(9-22-15)17(18,19)20/h2-9H,1H2,(H2,21,24). The lowest BCUT2D eigenvalue weighted by atomic mass is 10.1. The maximum Gasteiger partial charge on any atom is 0.417 e. The van der Waals surface area contributed by atoms with Crippen molar-refractivity contribution in [1.82, 2.24) is 9.55 Å². The van der Waals surface area contributed by atoms with Gasteiger partial charge < -0.3 is 10.3 Å². The van der Waals surface area contributed by atoms with Gasteiger partial charge in [0.1, 0.15) is 5.82 Å². The maximum atomic E-state index is 12.6. The Labute approximate surface area is 135 Å². The van der Waals surface area contributed by atoms with Gasteiger partial charge in [0.05, 0.1) is 11.1 Å². The summed E-state index contributed by atoms with van der Waals surface area (Å²) in [5, 5.41) is 0.789. The largest absolute Gasteiger partial charge is 0.417 e. The molecule has 0 unspecified atom stereocenters. The number of hydrogen-bond donors (Lipinski definition) is 1. The van der Waals surface area contributed by atoms with Gasteiger partial charge in [0.15, 0.2) is 0 Å². The zero-order chi connectivity index (χ0) is 17.5. The van der Waals surface area contributed by atoms with Crippen LogP contribution in [0.3, 0.4) is 0 Å². The highest BCUT2D eigenvalue weighted by Gasteiger charge is 2.30. The molecule has 0 spiro atoms. The molecule has 2 N–H and O–H groups in total. The van der Waals surface area contributed by atoms with Crippen LogP contribution >= 0.6 is 0 Å². The lowest BCUT2D eigenvalue weighted by molar-refractivity contribution is -0.137. The van der Waals surface area contributed by atoms with Gasteiger partial charge in [-0.2, -0.15) is 13.2 Å². The number of benzene rings is 1. The molecule has 122 valence electrons. The summed E-state index contributed by atoms with van der Waals surface area (Å²) < 4.78 is 39.5. The van der Waals surface area contributed by atoms with Crippen LogP contribution in [-0.4, -0.2) is 15.5 Å². The van der Waals surface area contributed by atoms with Gasteiger partial charge in [-0.3, -0.25) is 4.79 Å². The molecule has 2 heterocycles. The van der Waals surface area contributed by atoms with Crippen molar-refractivity contribution < 1.29 is 18.0 Å². The van der Waals surface area contributed by atoms with E-state index in [4.69, 9.17) is 5.73 Å². The molecule has 7 heteroatoms. The molecule has 0 fully saturated rings. The summed E-state index contributed by atoms with van der Waals surface area (Å²) in [7, 11) is 0. The molecule has 0 bridgehead atoms. The quantitative estimate of drug-likeness (QED) is 0.746. The fourth-order valence-corrected chi connectivity index (χ4v) is 2.37. The summed E-state index contributed by atoms with van der Waals surface area (Å²) in [6.45, 7) is 3.63. The van der Waals surface area contributed by atoms with Crippen LogP contribution in [0, 0.1) is 0 Å². The van der Waals surface area contributed by atoms with Gasteiger partial charge in [-0.05, 0) is 35.9 Å². The van der Waals surface area contributed by atoms with E-state index < -0.39 is 17.6 Å². The van der Waals surface area contributed by atoms with Crippen molar-refractivity contribution in [3.63, 3.8) is 0 Å². The molecule has 3 aromatic rings. The minimum Gasteiger partial charge on any atom is -0.366 e. The number of halogens is 3. The number of nitrogens with zero attached hydrogens (tertiary/aromatic N) is 2. The fraction of sp³-hybridized carbons (Fsp3) is 0.0588. The Morgan fingerprint density at radius 2 is 1.92 bits per heavy atom. The van der Waals surface area contributed by atoms with Crippen LogP contribution in [-0.2, 0) is 11.0 Å². The van der Waals surface area contributed by atoms with E-state index in [1.54, 1.807) is 35.0 Å². The first-order valence-corrected chi connectivity index (χ1v) is 6.91. The number of rotatable bonds is 3. The number of alkyl halides is 3. The molecule has 0 saturated heterocycles. The van der Waals surface area contributed by atoms with Crippen molar-refractivity contribution in [2.45, 2.75) is 6.18 Å². The number of carbonyl (C=O) groups is 1. The first-order chi connectivity index (χ1) is 11.3. The van der Waals surface area contributed by atoms with Crippen LogP contribution in [0.1, 0.15) is 11.1 Å². The number of amides is 1. The van der Waals surface area contributed by atoms with Crippen LogP contribution < -0.4 is 5.73 Å². The van der Waals surface area contributed by atoms with E-state index in [0.29, 0.717) is 11.4 Å². The fourth-order valence-electron chi connectivity index (χ4n) is 2.37. The Hall–Kier alpha value is -3.09. The molecule has 0 saturated carbocycles. The molecule has 0 aliphatic rings. The first kappa shape index (κ1) is 15.8. The van der Waals surface area contributed by atoms with E-state index >= 15 is 0 Å². The minimum atomic E-state index is -4.42. The molecule has 0 atom stereocenters. The predicted octanol–water partition coefficient (Wildman–Crippen LogP) is 3.54. The monoisotopic (exact) mass is 331 g/mol. The molecule has 0 aliphatic heterocycles. The minimum absolute atomic E-state index is 0.192. The van der Waals surface area contributed by atoms with E-state index in [9.17, 15) is 18.0 Å². The second kappa shape index (κ2) is 5.52. The summed E-state index contributed by atoms with van der Waals surface area (Å²) >= 11 is 0. The second-order valence-corrected chi connectivity index (χ2v) is 5.20. The molecule has 2 aromatic heterocycles. The topological polar surface area (TPSA) is 60.9 Å². The predicted molar refractivity (Wildman–Crippen MR) is 84.3 cm³/mol. The molecule has 1 amide bonds. The summed E-state index contributed by atoms with van der Waals surface area (Å²) in [4.78, 5) is 15.1. The third kappa shape index (κ3) is 2.76. The summed E-state index contributed by atoms with van der Waals surface area (Å²) in [5.74, 6) is -0.252. The van der Waals surface area contributed by atoms with E-state index in [1.807, 2.05) is 0 Å². The summed E-state index contributed by atoms with van der Waals surface area (Å²) in [6.07, 6.45) is -1.93. The van der Waals surface area contributed by atoms with Crippen molar-refractivity contribution in [3.8, 4) is 5.82 Å². The smallest absolute Gasteiger partial charge is 0.366 e. The Balaban J connectivity index is 2.02. The average Bonchev–Trinajstić information content (AvgIpc) is 2.96. The zero-order valence-corrected chi connectivity index (χ0v) is 12.3. The third-order valence-electron chi connectivity index (χ3n) is 3.66. The lowest BCUT2D eigenvalue weighted by Gasteiger charge is -2.09. The van der Waals surface area contributed by atoms with Crippen molar-refractivity contribution in [2.24, 2.45) is 5.73 Å². The average molecular weight is 331 g/mol. The molecule has 0 radical (unpaired) electrons. The maximum absolute atomic E-state index is 12.6. The van der Waals surface area contributed by atoms with Crippen LogP contribution in [0.5, 0.6) is 0 Å². The zero-order valence-electron chi connectivity index (χ0n) is 12.3. The van der Waals surface area contributed by atoms with E-state index in [0.717, 1.165) is 23.2 Å². The van der Waals surface area contributed by atoms with Crippen LogP contribution in [0.4, 0.5) is 13.2 Å². The highest BCUT2D eigenvalue weighted by Crippen LogP contribution is 2.29. The number of pyridine rings is 1. The molecular formula is C17H12F3N3O. The van der Waals surface area contributed by atoms with Crippen LogP contribution in [0.15, 0.2) is 55.4 Å². The van der Waals surface area contributed by atoms with Crippen LogP contribution in [0.2, 0.25) is 0 Å².